The standard InChI is InChI=1S/C14H20N2O2.ClH/c17-14(16-12-5-4-9-15-11-12)8-10-18-13-6-2-1-3-7-13;/h1-3,6-7,12,15H,4-5,8-11H2,(H,16,17);1H/t12-;/m1./s1. The number of benzene rings is 1. The quantitative estimate of drug-likeness (QED) is 0.866. The molecule has 0 spiro atoms. The van der Waals surface area contributed by atoms with Crippen LogP contribution in [0.15, 0.2) is 30.3 Å². The van der Waals surface area contributed by atoms with Crippen molar-refractivity contribution >= 4 is 18.3 Å². The average Bonchev–Trinajstić information content (AvgIpc) is 2.41. The molecular weight excluding hydrogens is 264 g/mol. The van der Waals surface area contributed by atoms with Crippen molar-refractivity contribution in [2.45, 2.75) is 25.3 Å². The van der Waals surface area contributed by atoms with Crippen LogP contribution in [-0.2, 0) is 4.79 Å². The van der Waals surface area contributed by atoms with Gasteiger partial charge in [0.15, 0.2) is 0 Å². The first-order valence-corrected chi connectivity index (χ1v) is 6.52. The van der Waals surface area contributed by atoms with E-state index in [4.69, 9.17) is 4.74 Å². The van der Waals surface area contributed by atoms with E-state index in [1.165, 1.54) is 0 Å². The lowest BCUT2D eigenvalue weighted by Gasteiger charge is -2.23. The number of rotatable bonds is 5. The SMILES string of the molecule is Cl.O=C(CCOc1ccccc1)N[C@@H]1CCCNC1. The first kappa shape index (κ1) is 15.8. The van der Waals surface area contributed by atoms with Crippen LogP contribution in [-0.4, -0.2) is 31.6 Å². The molecule has 0 aliphatic carbocycles. The van der Waals surface area contributed by atoms with Crippen molar-refractivity contribution in [3.8, 4) is 5.75 Å². The maximum Gasteiger partial charge on any atom is 0.223 e. The summed E-state index contributed by atoms with van der Waals surface area (Å²) in [4.78, 5) is 11.7. The molecule has 19 heavy (non-hydrogen) atoms. The number of para-hydroxylation sites is 1. The van der Waals surface area contributed by atoms with Crippen LogP contribution in [0.25, 0.3) is 0 Å². The molecule has 1 atom stereocenters. The van der Waals surface area contributed by atoms with Crippen molar-refractivity contribution in [2.24, 2.45) is 0 Å². The van der Waals surface area contributed by atoms with Gasteiger partial charge in [-0.15, -0.1) is 12.4 Å². The summed E-state index contributed by atoms with van der Waals surface area (Å²) >= 11 is 0. The van der Waals surface area contributed by atoms with Crippen LogP contribution in [0, 0.1) is 0 Å². The Hall–Kier alpha value is -1.26. The van der Waals surface area contributed by atoms with Gasteiger partial charge in [0.25, 0.3) is 0 Å². The number of carbonyl (C=O) groups excluding carboxylic acids is 1. The second-order valence-electron chi connectivity index (χ2n) is 4.52. The van der Waals surface area contributed by atoms with E-state index in [9.17, 15) is 4.79 Å². The van der Waals surface area contributed by atoms with E-state index in [1.54, 1.807) is 0 Å². The van der Waals surface area contributed by atoms with Crippen molar-refractivity contribution < 1.29 is 9.53 Å². The molecule has 1 fully saturated rings. The maximum atomic E-state index is 11.7. The second kappa shape index (κ2) is 8.77. The topological polar surface area (TPSA) is 50.4 Å². The number of hydrogen-bond donors (Lipinski definition) is 2. The minimum atomic E-state index is 0. The third-order valence-electron chi connectivity index (χ3n) is 3.00. The number of piperidine rings is 1. The molecule has 2 N–H and O–H groups in total. The fourth-order valence-corrected chi connectivity index (χ4v) is 2.05. The molecule has 1 amide bonds. The summed E-state index contributed by atoms with van der Waals surface area (Å²) in [6.07, 6.45) is 2.61. The Morgan fingerprint density at radius 2 is 2.16 bits per heavy atom. The smallest absolute Gasteiger partial charge is 0.223 e. The van der Waals surface area contributed by atoms with Crippen molar-refractivity contribution in [3.05, 3.63) is 30.3 Å². The van der Waals surface area contributed by atoms with Crippen molar-refractivity contribution in [3.63, 3.8) is 0 Å². The molecule has 1 aliphatic rings. The van der Waals surface area contributed by atoms with Crippen LogP contribution >= 0.6 is 12.4 Å². The zero-order valence-electron chi connectivity index (χ0n) is 10.9. The molecule has 0 unspecified atom stereocenters. The molecular formula is C14H21ClN2O2. The molecule has 0 aromatic heterocycles. The van der Waals surface area contributed by atoms with Crippen LogP contribution in [0.5, 0.6) is 5.75 Å². The summed E-state index contributed by atoms with van der Waals surface area (Å²) in [5, 5.41) is 6.30. The van der Waals surface area contributed by atoms with Crippen LogP contribution in [0.2, 0.25) is 0 Å². The van der Waals surface area contributed by atoms with Gasteiger partial charge in [0.2, 0.25) is 5.91 Å². The second-order valence-corrected chi connectivity index (χ2v) is 4.52. The molecule has 1 saturated heterocycles. The Morgan fingerprint density at radius 3 is 2.84 bits per heavy atom. The zero-order valence-corrected chi connectivity index (χ0v) is 11.7. The van der Waals surface area contributed by atoms with Gasteiger partial charge in [0.1, 0.15) is 5.75 Å². The van der Waals surface area contributed by atoms with E-state index >= 15 is 0 Å². The molecule has 0 radical (unpaired) electrons. The minimum Gasteiger partial charge on any atom is -0.493 e. The van der Waals surface area contributed by atoms with E-state index in [0.29, 0.717) is 13.0 Å². The Balaban J connectivity index is 0.00000180. The number of ether oxygens (including phenoxy) is 1. The van der Waals surface area contributed by atoms with Crippen LogP contribution < -0.4 is 15.4 Å². The summed E-state index contributed by atoms with van der Waals surface area (Å²) in [5.41, 5.74) is 0. The minimum absolute atomic E-state index is 0. The van der Waals surface area contributed by atoms with Crippen LogP contribution in [0.4, 0.5) is 0 Å². The van der Waals surface area contributed by atoms with Crippen molar-refractivity contribution in [1.29, 1.82) is 0 Å². The Kier molecular flexibility index (Phi) is 7.30. The highest BCUT2D eigenvalue weighted by molar-refractivity contribution is 5.85. The number of nitrogens with one attached hydrogen (secondary N) is 2. The fourth-order valence-electron chi connectivity index (χ4n) is 2.05. The van der Waals surface area contributed by atoms with Gasteiger partial charge in [-0.05, 0) is 31.5 Å². The van der Waals surface area contributed by atoms with Crippen LogP contribution in [0.3, 0.4) is 0 Å². The summed E-state index contributed by atoms with van der Waals surface area (Å²) < 4.78 is 5.49. The highest BCUT2D eigenvalue weighted by atomic mass is 35.5. The number of carbonyl (C=O) groups is 1. The number of halogens is 1. The lowest BCUT2D eigenvalue weighted by molar-refractivity contribution is -0.122. The predicted molar refractivity (Wildman–Crippen MR) is 77.8 cm³/mol. The molecule has 1 aromatic carbocycles. The summed E-state index contributed by atoms with van der Waals surface area (Å²) in [5.74, 6) is 0.879. The molecule has 1 aromatic rings. The molecule has 0 saturated carbocycles. The van der Waals surface area contributed by atoms with Gasteiger partial charge in [-0.3, -0.25) is 4.79 Å². The lowest BCUT2D eigenvalue weighted by Crippen LogP contribution is -2.45. The number of amides is 1. The Labute approximate surface area is 120 Å². The van der Waals surface area contributed by atoms with Crippen LogP contribution in [0.1, 0.15) is 19.3 Å². The lowest BCUT2D eigenvalue weighted by atomic mass is 10.1. The molecule has 2 rings (SSSR count). The average molecular weight is 285 g/mol. The molecule has 5 heteroatoms. The third kappa shape index (κ3) is 5.94. The van der Waals surface area contributed by atoms with Crippen molar-refractivity contribution in [2.75, 3.05) is 19.7 Å². The van der Waals surface area contributed by atoms with E-state index in [2.05, 4.69) is 10.6 Å². The van der Waals surface area contributed by atoms with Gasteiger partial charge >= 0.3 is 0 Å². The zero-order chi connectivity index (χ0) is 12.6. The maximum absolute atomic E-state index is 11.7. The Bertz CT molecular complexity index is 367. The molecule has 4 nitrogen and oxygen atoms in total. The first-order chi connectivity index (χ1) is 8.84. The normalized spacial score (nSPS) is 18.2. The van der Waals surface area contributed by atoms with E-state index in [0.717, 1.165) is 31.7 Å². The van der Waals surface area contributed by atoms with Crippen molar-refractivity contribution in [1.82, 2.24) is 10.6 Å². The predicted octanol–water partition coefficient (Wildman–Crippen LogP) is 1.75. The summed E-state index contributed by atoms with van der Waals surface area (Å²) in [6.45, 7) is 2.37. The fraction of sp³-hybridized carbons (Fsp3) is 0.500. The van der Waals surface area contributed by atoms with Gasteiger partial charge < -0.3 is 15.4 Å². The first-order valence-electron chi connectivity index (χ1n) is 6.52. The van der Waals surface area contributed by atoms with Gasteiger partial charge in [0.05, 0.1) is 13.0 Å². The molecule has 1 heterocycles. The van der Waals surface area contributed by atoms with E-state index in [1.807, 2.05) is 30.3 Å². The summed E-state index contributed by atoms with van der Waals surface area (Å²) in [7, 11) is 0. The molecule has 1 aliphatic heterocycles. The van der Waals surface area contributed by atoms with Gasteiger partial charge in [-0.2, -0.15) is 0 Å². The molecule has 106 valence electrons. The molecule has 0 bridgehead atoms. The largest absolute Gasteiger partial charge is 0.493 e. The Morgan fingerprint density at radius 1 is 1.37 bits per heavy atom. The highest BCUT2D eigenvalue weighted by Gasteiger charge is 2.14. The van der Waals surface area contributed by atoms with Gasteiger partial charge in [0, 0.05) is 12.6 Å². The summed E-state index contributed by atoms with van der Waals surface area (Å²) in [6, 6.07) is 9.84. The van der Waals surface area contributed by atoms with E-state index < -0.39 is 0 Å². The van der Waals surface area contributed by atoms with E-state index in [-0.39, 0.29) is 24.4 Å². The highest BCUT2D eigenvalue weighted by Crippen LogP contribution is 2.08. The third-order valence-corrected chi connectivity index (χ3v) is 3.00. The monoisotopic (exact) mass is 284 g/mol. The number of hydrogen-bond acceptors (Lipinski definition) is 3. The van der Waals surface area contributed by atoms with Gasteiger partial charge in [-0.1, -0.05) is 18.2 Å². The van der Waals surface area contributed by atoms with Gasteiger partial charge in [-0.25, -0.2) is 0 Å².